The van der Waals surface area contributed by atoms with E-state index in [1.165, 1.54) is 50.6 Å². The Kier molecular flexibility index (Phi) is 9.31. The summed E-state index contributed by atoms with van der Waals surface area (Å²) in [4.78, 5) is 0. The van der Waals surface area contributed by atoms with Crippen molar-refractivity contribution in [2.45, 2.75) is 58.9 Å². The molecule has 1 aromatic rings. The highest BCUT2D eigenvalue weighted by molar-refractivity contribution is 5.06. The number of hydrogen-bond donors (Lipinski definition) is 0. The zero-order chi connectivity index (χ0) is 10.9. The third-order valence-electron chi connectivity index (χ3n) is 2.77. The van der Waals surface area contributed by atoms with Crippen molar-refractivity contribution < 1.29 is 17.0 Å². The van der Waals surface area contributed by atoms with Crippen molar-refractivity contribution in [3.05, 3.63) is 30.1 Å². The Bertz CT molecular complexity index is 256. The number of halogens is 1. The molecule has 0 bridgehead atoms. The second-order valence-corrected chi connectivity index (χ2v) is 4.25. The van der Waals surface area contributed by atoms with Crippen molar-refractivity contribution in [3.8, 4) is 0 Å². The first kappa shape index (κ1) is 15.4. The molecule has 0 amide bonds. The maximum Gasteiger partial charge on any atom is 0.169 e. The molecule has 1 aromatic heterocycles. The number of rotatable bonds is 7. The normalized spacial score (nSPS) is 9.88. The Morgan fingerprint density at radius 2 is 1.62 bits per heavy atom. The third-order valence-corrected chi connectivity index (χ3v) is 2.77. The minimum absolute atomic E-state index is 0. The van der Waals surface area contributed by atoms with Gasteiger partial charge in [0, 0.05) is 18.6 Å². The topological polar surface area (TPSA) is 3.88 Å². The largest absolute Gasteiger partial charge is 1.00 e. The highest BCUT2D eigenvalue weighted by atomic mass is 35.5. The molecule has 0 aromatic carbocycles. The van der Waals surface area contributed by atoms with E-state index in [1.807, 2.05) is 0 Å². The van der Waals surface area contributed by atoms with Crippen molar-refractivity contribution in [2.24, 2.45) is 0 Å². The molecule has 0 N–H and O–H groups in total. The summed E-state index contributed by atoms with van der Waals surface area (Å²) >= 11 is 0. The summed E-state index contributed by atoms with van der Waals surface area (Å²) < 4.78 is 2.30. The second kappa shape index (κ2) is 9.65. The summed E-state index contributed by atoms with van der Waals surface area (Å²) in [5, 5.41) is 0. The summed E-state index contributed by atoms with van der Waals surface area (Å²) in [5.41, 5.74) is 1.46. The van der Waals surface area contributed by atoms with Crippen molar-refractivity contribution >= 4 is 0 Å². The minimum Gasteiger partial charge on any atom is -1.00 e. The number of nitrogens with zero attached hydrogens (tertiary/aromatic N) is 1. The monoisotopic (exact) mass is 241 g/mol. The van der Waals surface area contributed by atoms with Crippen LogP contribution in [-0.2, 0) is 13.0 Å². The summed E-state index contributed by atoms with van der Waals surface area (Å²) in [6.45, 7) is 5.66. The van der Waals surface area contributed by atoms with E-state index in [0.717, 1.165) is 0 Å². The highest BCUT2D eigenvalue weighted by Crippen LogP contribution is 2.01. The van der Waals surface area contributed by atoms with Crippen LogP contribution in [0.15, 0.2) is 24.5 Å². The zero-order valence-electron chi connectivity index (χ0n) is 10.6. The van der Waals surface area contributed by atoms with E-state index < -0.39 is 0 Å². The molecular weight excluding hydrogens is 218 g/mol. The molecule has 92 valence electrons. The van der Waals surface area contributed by atoms with Crippen LogP contribution in [0.3, 0.4) is 0 Å². The Hall–Kier alpha value is -0.560. The summed E-state index contributed by atoms with van der Waals surface area (Å²) in [6.07, 6.45) is 12.2. The van der Waals surface area contributed by atoms with Gasteiger partial charge in [-0.1, -0.05) is 33.1 Å². The van der Waals surface area contributed by atoms with E-state index in [9.17, 15) is 0 Å². The molecule has 0 aliphatic heterocycles. The third kappa shape index (κ3) is 6.12. The van der Waals surface area contributed by atoms with E-state index in [4.69, 9.17) is 0 Å². The Labute approximate surface area is 106 Å². The van der Waals surface area contributed by atoms with Crippen LogP contribution in [0.25, 0.3) is 0 Å². The molecule has 0 radical (unpaired) electrons. The van der Waals surface area contributed by atoms with Gasteiger partial charge in [-0.25, -0.2) is 4.57 Å². The van der Waals surface area contributed by atoms with Gasteiger partial charge in [-0.05, 0) is 18.4 Å². The molecular formula is C14H24ClN. The molecule has 1 heterocycles. The summed E-state index contributed by atoms with van der Waals surface area (Å²) in [5.74, 6) is 0. The van der Waals surface area contributed by atoms with Gasteiger partial charge in [-0.2, -0.15) is 0 Å². The average Bonchev–Trinajstić information content (AvgIpc) is 2.27. The molecule has 0 atom stereocenters. The molecule has 0 aliphatic rings. The summed E-state index contributed by atoms with van der Waals surface area (Å²) in [6, 6.07) is 4.51. The van der Waals surface area contributed by atoms with Crippen molar-refractivity contribution in [3.63, 3.8) is 0 Å². The highest BCUT2D eigenvalue weighted by Gasteiger charge is 1.99. The van der Waals surface area contributed by atoms with Crippen LogP contribution in [-0.4, -0.2) is 0 Å². The smallest absolute Gasteiger partial charge is 0.169 e. The lowest BCUT2D eigenvalue weighted by atomic mass is 10.1. The maximum absolute atomic E-state index is 2.30. The predicted octanol–water partition coefficient (Wildman–Crippen LogP) is 0.511. The van der Waals surface area contributed by atoms with Gasteiger partial charge in [-0.15, -0.1) is 0 Å². The zero-order valence-corrected chi connectivity index (χ0v) is 11.3. The van der Waals surface area contributed by atoms with Gasteiger partial charge in [0.1, 0.15) is 6.54 Å². The fraction of sp³-hybridized carbons (Fsp3) is 0.643. The van der Waals surface area contributed by atoms with Gasteiger partial charge in [0.05, 0.1) is 0 Å². The second-order valence-electron chi connectivity index (χ2n) is 4.25. The quantitative estimate of drug-likeness (QED) is 0.484. The Morgan fingerprint density at radius 1 is 0.938 bits per heavy atom. The lowest BCUT2D eigenvalue weighted by molar-refractivity contribution is -0.697. The first-order valence-electron chi connectivity index (χ1n) is 6.34. The van der Waals surface area contributed by atoms with E-state index in [1.54, 1.807) is 0 Å². The number of unbranched alkanes of at least 4 members (excludes halogenated alkanes) is 3. The fourth-order valence-corrected chi connectivity index (χ4v) is 1.81. The molecule has 0 fully saturated rings. The van der Waals surface area contributed by atoms with E-state index in [2.05, 4.69) is 42.9 Å². The Balaban J connectivity index is 0.00000225. The van der Waals surface area contributed by atoms with Gasteiger partial charge >= 0.3 is 0 Å². The average molecular weight is 242 g/mol. The molecule has 16 heavy (non-hydrogen) atoms. The Morgan fingerprint density at radius 3 is 2.19 bits per heavy atom. The minimum atomic E-state index is 0. The number of hydrogen-bond acceptors (Lipinski definition) is 0. The van der Waals surface area contributed by atoms with Crippen LogP contribution >= 0.6 is 0 Å². The standard InChI is InChI=1S/C14H24N.ClH/c1-3-5-6-7-11-15-12-9-14(8-4-2)10-13-15;/h9-10,12-13H,3-8,11H2,1-2H3;1H/q+1;/p-1. The van der Waals surface area contributed by atoms with Crippen LogP contribution in [0.2, 0.25) is 0 Å². The van der Waals surface area contributed by atoms with Gasteiger partial charge in [0.2, 0.25) is 0 Å². The van der Waals surface area contributed by atoms with Gasteiger partial charge in [0.15, 0.2) is 12.4 Å². The van der Waals surface area contributed by atoms with Crippen molar-refractivity contribution in [1.29, 1.82) is 0 Å². The number of pyridine rings is 1. The molecule has 0 saturated carbocycles. The number of aryl methyl sites for hydroxylation is 2. The lowest BCUT2D eigenvalue weighted by Gasteiger charge is -1.99. The molecule has 1 nitrogen and oxygen atoms in total. The predicted molar refractivity (Wildman–Crippen MR) is 64.8 cm³/mol. The van der Waals surface area contributed by atoms with Crippen LogP contribution in [0, 0.1) is 0 Å². The van der Waals surface area contributed by atoms with Gasteiger partial charge in [0.25, 0.3) is 0 Å². The van der Waals surface area contributed by atoms with Crippen molar-refractivity contribution in [2.75, 3.05) is 0 Å². The van der Waals surface area contributed by atoms with Crippen LogP contribution in [0.1, 0.15) is 51.5 Å². The molecule has 0 unspecified atom stereocenters. The van der Waals surface area contributed by atoms with Crippen molar-refractivity contribution in [1.82, 2.24) is 0 Å². The van der Waals surface area contributed by atoms with E-state index in [-0.39, 0.29) is 12.4 Å². The van der Waals surface area contributed by atoms with Gasteiger partial charge < -0.3 is 12.4 Å². The van der Waals surface area contributed by atoms with Crippen LogP contribution in [0.5, 0.6) is 0 Å². The fourth-order valence-electron chi connectivity index (χ4n) is 1.81. The lowest BCUT2D eigenvalue weighted by Crippen LogP contribution is -3.00. The van der Waals surface area contributed by atoms with Crippen LogP contribution in [0.4, 0.5) is 0 Å². The van der Waals surface area contributed by atoms with E-state index in [0.29, 0.717) is 0 Å². The first-order chi connectivity index (χ1) is 7.36. The molecule has 0 saturated heterocycles. The molecule has 0 spiro atoms. The van der Waals surface area contributed by atoms with Gasteiger partial charge in [-0.3, -0.25) is 0 Å². The van der Waals surface area contributed by atoms with E-state index >= 15 is 0 Å². The molecule has 2 heteroatoms. The molecule has 0 aliphatic carbocycles. The van der Waals surface area contributed by atoms with Crippen LogP contribution < -0.4 is 17.0 Å². The first-order valence-corrected chi connectivity index (χ1v) is 6.34. The SMILES string of the molecule is CCCCCC[n+]1ccc(CCC)cc1.[Cl-]. The summed E-state index contributed by atoms with van der Waals surface area (Å²) in [7, 11) is 0. The number of aromatic nitrogens is 1. The maximum atomic E-state index is 2.30. The molecule has 1 rings (SSSR count).